The first-order chi connectivity index (χ1) is 6.43. The first kappa shape index (κ1) is 11.3. The quantitative estimate of drug-likeness (QED) is 0.501. The van der Waals surface area contributed by atoms with E-state index in [-0.39, 0.29) is 11.4 Å². The summed E-state index contributed by atoms with van der Waals surface area (Å²) < 4.78 is 5.09. The predicted molar refractivity (Wildman–Crippen MR) is 56.9 cm³/mol. The molecule has 1 fully saturated rings. The van der Waals surface area contributed by atoms with E-state index in [1.807, 2.05) is 0 Å². The van der Waals surface area contributed by atoms with Gasteiger partial charge in [-0.3, -0.25) is 4.79 Å². The smallest absolute Gasteiger partial charge is 0.302 e. The van der Waals surface area contributed by atoms with Crippen LogP contribution in [0.4, 0.5) is 0 Å². The molecular weight excluding hydrogens is 176 g/mol. The summed E-state index contributed by atoms with van der Waals surface area (Å²) in [6.07, 6.45) is 3.48. The normalized spacial score (nSPS) is 25.9. The monoisotopic (exact) mass is 196 g/mol. The number of carbonyl (C=O) groups is 1. The van der Waals surface area contributed by atoms with Crippen LogP contribution in [0.5, 0.6) is 0 Å². The number of esters is 1. The molecule has 0 radical (unpaired) electrons. The Hall–Kier alpha value is -0.790. The van der Waals surface area contributed by atoms with E-state index in [2.05, 4.69) is 20.4 Å². The number of hydrogen-bond acceptors (Lipinski definition) is 2. The zero-order valence-corrected chi connectivity index (χ0v) is 9.43. The van der Waals surface area contributed by atoms with Crippen LogP contribution < -0.4 is 0 Å². The second kappa shape index (κ2) is 4.16. The van der Waals surface area contributed by atoms with E-state index < -0.39 is 0 Å². The lowest BCUT2D eigenvalue weighted by Crippen LogP contribution is -2.33. The van der Waals surface area contributed by atoms with Crippen LogP contribution in [-0.4, -0.2) is 12.6 Å². The molecule has 0 aromatic carbocycles. The van der Waals surface area contributed by atoms with Gasteiger partial charge in [-0.05, 0) is 24.7 Å². The summed E-state index contributed by atoms with van der Waals surface area (Å²) >= 11 is 0. The highest BCUT2D eigenvalue weighted by Gasteiger charge is 2.35. The van der Waals surface area contributed by atoms with Gasteiger partial charge in [-0.25, -0.2) is 0 Å². The minimum absolute atomic E-state index is 0.195. The molecular formula is C12H20O2. The molecule has 2 heteroatoms. The maximum atomic E-state index is 10.8. The SMILES string of the molecule is C=C1CCCC(C)(C)C1COC(C)=O. The van der Waals surface area contributed by atoms with Crippen molar-refractivity contribution in [1.29, 1.82) is 0 Å². The van der Waals surface area contributed by atoms with Crippen molar-refractivity contribution < 1.29 is 9.53 Å². The molecule has 1 unspecified atom stereocenters. The molecule has 0 aliphatic heterocycles. The van der Waals surface area contributed by atoms with E-state index in [4.69, 9.17) is 4.74 Å². The molecule has 1 rings (SSSR count). The molecule has 2 nitrogen and oxygen atoms in total. The molecule has 0 spiro atoms. The summed E-state index contributed by atoms with van der Waals surface area (Å²) in [5.41, 5.74) is 1.47. The standard InChI is InChI=1S/C12H20O2/c1-9-6-5-7-12(3,4)11(9)8-14-10(2)13/h11H,1,5-8H2,2-4H3. The highest BCUT2D eigenvalue weighted by atomic mass is 16.5. The number of rotatable bonds is 2. The molecule has 0 bridgehead atoms. The zero-order valence-electron chi connectivity index (χ0n) is 9.43. The van der Waals surface area contributed by atoms with Crippen molar-refractivity contribution in [3.63, 3.8) is 0 Å². The molecule has 1 aliphatic rings. The Balaban J connectivity index is 2.61. The highest BCUT2D eigenvalue weighted by Crippen LogP contribution is 2.42. The molecule has 14 heavy (non-hydrogen) atoms. The number of ether oxygens (including phenoxy) is 1. The Labute approximate surface area is 86.3 Å². The predicted octanol–water partition coefficient (Wildman–Crippen LogP) is 2.93. The zero-order chi connectivity index (χ0) is 10.8. The van der Waals surface area contributed by atoms with Gasteiger partial charge >= 0.3 is 5.97 Å². The first-order valence-corrected chi connectivity index (χ1v) is 5.24. The highest BCUT2D eigenvalue weighted by molar-refractivity contribution is 5.65. The van der Waals surface area contributed by atoms with Crippen molar-refractivity contribution in [1.82, 2.24) is 0 Å². The van der Waals surface area contributed by atoms with Crippen molar-refractivity contribution in [3.8, 4) is 0 Å². The second-order valence-electron chi connectivity index (χ2n) is 4.86. The van der Waals surface area contributed by atoms with Crippen LogP contribution in [0.15, 0.2) is 12.2 Å². The fourth-order valence-corrected chi connectivity index (χ4v) is 2.22. The van der Waals surface area contributed by atoms with Gasteiger partial charge in [0.05, 0.1) is 6.61 Å². The Kier molecular flexibility index (Phi) is 3.35. The van der Waals surface area contributed by atoms with Gasteiger partial charge in [-0.1, -0.05) is 26.0 Å². The maximum Gasteiger partial charge on any atom is 0.302 e. The molecule has 1 saturated carbocycles. The van der Waals surface area contributed by atoms with Crippen LogP contribution in [0.3, 0.4) is 0 Å². The largest absolute Gasteiger partial charge is 0.465 e. The summed E-state index contributed by atoms with van der Waals surface area (Å²) in [6.45, 7) is 10.5. The van der Waals surface area contributed by atoms with Crippen molar-refractivity contribution in [2.75, 3.05) is 6.61 Å². The fourth-order valence-electron chi connectivity index (χ4n) is 2.22. The first-order valence-electron chi connectivity index (χ1n) is 5.24. The summed E-state index contributed by atoms with van der Waals surface area (Å²) in [5, 5.41) is 0. The van der Waals surface area contributed by atoms with E-state index in [0.29, 0.717) is 12.5 Å². The minimum atomic E-state index is -0.195. The van der Waals surface area contributed by atoms with Crippen LogP contribution in [0, 0.1) is 11.3 Å². The Bertz CT molecular complexity index is 241. The van der Waals surface area contributed by atoms with Gasteiger partial charge < -0.3 is 4.74 Å². The van der Waals surface area contributed by atoms with Crippen LogP contribution in [0.25, 0.3) is 0 Å². The lowest BCUT2D eigenvalue weighted by molar-refractivity contribution is -0.143. The third-order valence-electron chi connectivity index (χ3n) is 3.21. The number of hydrogen-bond donors (Lipinski definition) is 0. The molecule has 1 aliphatic carbocycles. The Morgan fingerprint density at radius 2 is 2.29 bits per heavy atom. The van der Waals surface area contributed by atoms with Gasteiger partial charge in [0.15, 0.2) is 0 Å². The second-order valence-corrected chi connectivity index (χ2v) is 4.86. The lowest BCUT2D eigenvalue weighted by atomic mass is 9.67. The minimum Gasteiger partial charge on any atom is -0.465 e. The molecule has 0 N–H and O–H groups in total. The van der Waals surface area contributed by atoms with E-state index in [1.54, 1.807) is 0 Å². The van der Waals surface area contributed by atoms with Crippen LogP contribution in [0.2, 0.25) is 0 Å². The van der Waals surface area contributed by atoms with E-state index in [1.165, 1.54) is 25.3 Å². The number of carbonyl (C=O) groups excluding carboxylic acids is 1. The van der Waals surface area contributed by atoms with Crippen LogP contribution in [-0.2, 0) is 9.53 Å². The van der Waals surface area contributed by atoms with Crippen molar-refractivity contribution >= 4 is 5.97 Å². The van der Waals surface area contributed by atoms with Crippen molar-refractivity contribution in [3.05, 3.63) is 12.2 Å². The molecule has 0 saturated heterocycles. The molecule has 0 aromatic rings. The van der Waals surface area contributed by atoms with E-state index in [0.717, 1.165) is 6.42 Å². The average molecular weight is 196 g/mol. The van der Waals surface area contributed by atoms with Gasteiger partial charge in [0.25, 0.3) is 0 Å². The fraction of sp³-hybridized carbons (Fsp3) is 0.750. The lowest BCUT2D eigenvalue weighted by Gasteiger charge is -2.39. The van der Waals surface area contributed by atoms with Gasteiger partial charge in [0, 0.05) is 12.8 Å². The summed E-state index contributed by atoms with van der Waals surface area (Å²) in [5.74, 6) is 0.138. The molecule has 1 atom stereocenters. The van der Waals surface area contributed by atoms with Gasteiger partial charge in [0.1, 0.15) is 0 Å². The Morgan fingerprint density at radius 3 is 2.79 bits per heavy atom. The molecule has 0 heterocycles. The van der Waals surface area contributed by atoms with E-state index >= 15 is 0 Å². The Morgan fingerprint density at radius 1 is 1.64 bits per heavy atom. The summed E-state index contributed by atoms with van der Waals surface area (Å²) in [7, 11) is 0. The van der Waals surface area contributed by atoms with Gasteiger partial charge in [-0.15, -0.1) is 0 Å². The van der Waals surface area contributed by atoms with Crippen molar-refractivity contribution in [2.24, 2.45) is 11.3 Å². The summed E-state index contributed by atoms with van der Waals surface area (Å²) in [6, 6.07) is 0. The van der Waals surface area contributed by atoms with Gasteiger partial charge in [-0.2, -0.15) is 0 Å². The van der Waals surface area contributed by atoms with Crippen LogP contribution in [0.1, 0.15) is 40.0 Å². The third-order valence-corrected chi connectivity index (χ3v) is 3.21. The van der Waals surface area contributed by atoms with Crippen LogP contribution >= 0.6 is 0 Å². The average Bonchev–Trinajstić information content (AvgIpc) is 2.01. The maximum absolute atomic E-state index is 10.8. The molecule has 0 amide bonds. The van der Waals surface area contributed by atoms with Gasteiger partial charge in [0.2, 0.25) is 0 Å². The summed E-state index contributed by atoms with van der Waals surface area (Å²) in [4.78, 5) is 10.8. The molecule has 0 aromatic heterocycles. The topological polar surface area (TPSA) is 26.3 Å². The van der Waals surface area contributed by atoms with Crippen molar-refractivity contribution in [2.45, 2.75) is 40.0 Å². The molecule has 80 valence electrons. The third kappa shape index (κ3) is 2.60. The van der Waals surface area contributed by atoms with E-state index in [9.17, 15) is 4.79 Å².